The summed E-state index contributed by atoms with van der Waals surface area (Å²) < 4.78 is 33.8. The lowest BCUT2D eigenvalue weighted by Crippen LogP contribution is -2.40. The Morgan fingerprint density at radius 3 is 2.29 bits per heavy atom. The van der Waals surface area contributed by atoms with Crippen molar-refractivity contribution < 1.29 is 17.9 Å². The Labute approximate surface area is 191 Å². The van der Waals surface area contributed by atoms with Crippen LogP contribution in [0.5, 0.6) is 5.75 Å². The first kappa shape index (κ1) is 23.0. The van der Waals surface area contributed by atoms with Crippen molar-refractivity contribution in [2.75, 3.05) is 10.9 Å². The highest BCUT2D eigenvalue weighted by molar-refractivity contribution is 9.10. The van der Waals surface area contributed by atoms with E-state index in [0.717, 1.165) is 32.7 Å². The van der Waals surface area contributed by atoms with Gasteiger partial charge in [0, 0.05) is 0 Å². The molecule has 0 aliphatic rings. The van der Waals surface area contributed by atoms with Crippen molar-refractivity contribution in [3.63, 3.8) is 0 Å². The summed E-state index contributed by atoms with van der Waals surface area (Å²) in [5.41, 5.74) is 2.38. The molecule has 3 aromatic rings. The number of rotatable bonds is 8. The Morgan fingerprint density at radius 1 is 1.00 bits per heavy atom. The van der Waals surface area contributed by atoms with Crippen LogP contribution in [0.2, 0.25) is 0 Å². The van der Waals surface area contributed by atoms with Gasteiger partial charge in [0.1, 0.15) is 5.75 Å². The van der Waals surface area contributed by atoms with Gasteiger partial charge >= 0.3 is 0 Å². The van der Waals surface area contributed by atoms with Gasteiger partial charge in [0.2, 0.25) is 0 Å². The van der Waals surface area contributed by atoms with E-state index >= 15 is 0 Å². The molecule has 3 rings (SSSR count). The van der Waals surface area contributed by atoms with Crippen LogP contribution in [0.15, 0.2) is 82.2 Å². The second-order valence-electron chi connectivity index (χ2n) is 7.12. The number of nitrogens with zero attached hydrogens (tertiary/aromatic N) is 1. The first-order chi connectivity index (χ1) is 14.8. The summed E-state index contributed by atoms with van der Waals surface area (Å²) in [6.07, 6.45) is 1.96. The number of benzene rings is 3. The zero-order valence-corrected chi connectivity index (χ0v) is 19.8. The molecule has 5 nitrogen and oxygen atoms in total. The second kappa shape index (κ2) is 10.1. The van der Waals surface area contributed by atoms with E-state index in [-0.39, 0.29) is 10.6 Å². The van der Waals surface area contributed by atoms with E-state index < -0.39 is 22.5 Å². The predicted octanol–water partition coefficient (Wildman–Crippen LogP) is 5.51. The molecular formula is C24H24BrNO4S. The molecule has 162 valence electrons. The number of anilines is 1. The van der Waals surface area contributed by atoms with E-state index in [1.54, 1.807) is 48.5 Å². The van der Waals surface area contributed by atoms with Gasteiger partial charge in [-0.1, -0.05) is 55.3 Å². The molecule has 0 radical (unpaired) electrons. The second-order valence-corrected chi connectivity index (χ2v) is 9.76. The average Bonchev–Trinajstić information content (AvgIpc) is 2.75. The fourth-order valence-electron chi connectivity index (χ4n) is 3.10. The molecule has 0 heterocycles. The van der Waals surface area contributed by atoms with Gasteiger partial charge in [0.25, 0.3) is 15.9 Å². The van der Waals surface area contributed by atoms with Crippen LogP contribution < -0.4 is 9.04 Å². The SMILES string of the molecule is CCCc1ccc(OCC(=O)N(c2ccc(C)cc2)S(=O)(=O)c2ccccc2)c(Br)c1. The maximum atomic E-state index is 13.3. The molecule has 0 N–H and O–H groups in total. The van der Waals surface area contributed by atoms with Crippen LogP contribution in [-0.2, 0) is 21.2 Å². The topological polar surface area (TPSA) is 63.7 Å². The van der Waals surface area contributed by atoms with Crippen LogP contribution >= 0.6 is 15.9 Å². The molecule has 7 heteroatoms. The summed E-state index contributed by atoms with van der Waals surface area (Å²) in [4.78, 5) is 13.1. The van der Waals surface area contributed by atoms with Crippen molar-refractivity contribution in [2.24, 2.45) is 0 Å². The molecule has 0 aliphatic carbocycles. The van der Waals surface area contributed by atoms with E-state index in [9.17, 15) is 13.2 Å². The lowest BCUT2D eigenvalue weighted by atomic mass is 10.1. The van der Waals surface area contributed by atoms with Crippen LogP contribution in [0.25, 0.3) is 0 Å². The minimum absolute atomic E-state index is 0.0361. The smallest absolute Gasteiger partial charge is 0.278 e. The maximum absolute atomic E-state index is 13.3. The summed E-state index contributed by atoms with van der Waals surface area (Å²) in [5.74, 6) is -0.202. The highest BCUT2D eigenvalue weighted by Crippen LogP contribution is 2.28. The number of hydrogen-bond acceptors (Lipinski definition) is 4. The summed E-state index contributed by atoms with van der Waals surface area (Å²) in [6, 6.07) is 20.3. The predicted molar refractivity (Wildman–Crippen MR) is 126 cm³/mol. The minimum atomic E-state index is -4.10. The molecule has 1 amide bonds. The molecule has 0 bridgehead atoms. The van der Waals surface area contributed by atoms with Gasteiger partial charge in [-0.05, 0) is 71.2 Å². The third-order valence-electron chi connectivity index (χ3n) is 4.66. The molecule has 31 heavy (non-hydrogen) atoms. The van der Waals surface area contributed by atoms with Gasteiger partial charge in [-0.25, -0.2) is 8.42 Å². The van der Waals surface area contributed by atoms with E-state index in [4.69, 9.17) is 4.74 Å². The van der Waals surface area contributed by atoms with E-state index in [0.29, 0.717) is 5.75 Å². The van der Waals surface area contributed by atoms with Gasteiger partial charge in [0.15, 0.2) is 6.61 Å². The van der Waals surface area contributed by atoms with Crippen molar-refractivity contribution >= 4 is 37.5 Å². The fraction of sp³-hybridized carbons (Fsp3) is 0.208. The summed E-state index contributed by atoms with van der Waals surface area (Å²) in [6.45, 7) is 3.57. The van der Waals surface area contributed by atoms with Crippen molar-refractivity contribution in [2.45, 2.75) is 31.6 Å². The summed E-state index contributed by atoms with van der Waals surface area (Å²) in [5, 5.41) is 0. The summed E-state index contributed by atoms with van der Waals surface area (Å²) >= 11 is 3.47. The van der Waals surface area contributed by atoms with Crippen LogP contribution in [0.4, 0.5) is 5.69 Å². The fourth-order valence-corrected chi connectivity index (χ4v) is 5.07. The minimum Gasteiger partial charge on any atom is -0.483 e. The highest BCUT2D eigenvalue weighted by atomic mass is 79.9. The van der Waals surface area contributed by atoms with Gasteiger partial charge in [0.05, 0.1) is 15.1 Å². The number of aryl methyl sites for hydroxylation is 2. The van der Waals surface area contributed by atoms with E-state index in [1.165, 1.54) is 12.1 Å². The Balaban J connectivity index is 1.89. The van der Waals surface area contributed by atoms with Crippen molar-refractivity contribution in [1.82, 2.24) is 0 Å². The number of halogens is 1. The van der Waals surface area contributed by atoms with Crippen molar-refractivity contribution in [3.05, 3.63) is 88.4 Å². The maximum Gasteiger partial charge on any atom is 0.278 e. The molecular weight excluding hydrogens is 478 g/mol. The highest BCUT2D eigenvalue weighted by Gasteiger charge is 2.31. The summed E-state index contributed by atoms with van der Waals surface area (Å²) in [7, 11) is -4.10. The van der Waals surface area contributed by atoms with Crippen LogP contribution in [0, 0.1) is 6.92 Å². The number of carbonyl (C=O) groups excluding carboxylic acids is 1. The molecule has 0 unspecified atom stereocenters. The van der Waals surface area contributed by atoms with Crippen molar-refractivity contribution in [1.29, 1.82) is 0 Å². The lowest BCUT2D eigenvalue weighted by molar-refractivity contribution is -0.119. The third-order valence-corrected chi connectivity index (χ3v) is 7.05. The van der Waals surface area contributed by atoms with Crippen LogP contribution in [0.1, 0.15) is 24.5 Å². The van der Waals surface area contributed by atoms with E-state index in [2.05, 4.69) is 22.9 Å². The normalized spacial score (nSPS) is 11.2. The number of ether oxygens (including phenoxy) is 1. The largest absolute Gasteiger partial charge is 0.483 e. The monoisotopic (exact) mass is 501 g/mol. The lowest BCUT2D eigenvalue weighted by Gasteiger charge is -2.23. The van der Waals surface area contributed by atoms with Crippen molar-refractivity contribution in [3.8, 4) is 5.75 Å². The van der Waals surface area contributed by atoms with Gasteiger partial charge in [-0.2, -0.15) is 4.31 Å². The molecule has 0 aliphatic heterocycles. The molecule has 0 spiro atoms. The van der Waals surface area contributed by atoms with Crippen LogP contribution in [0.3, 0.4) is 0 Å². The third kappa shape index (κ3) is 5.54. The van der Waals surface area contributed by atoms with Gasteiger partial charge in [-0.3, -0.25) is 4.79 Å². The molecule has 0 fully saturated rings. The molecule has 3 aromatic carbocycles. The first-order valence-corrected chi connectivity index (χ1v) is 12.2. The number of amides is 1. The molecule has 0 aromatic heterocycles. The standard InChI is InChI=1S/C24H24BrNO4S/c1-3-7-19-12-15-23(22(25)16-19)30-17-24(27)26(20-13-10-18(2)11-14-20)31(28,29)21-8-5-4-6-9-21/h4-6,8-16H,3,7,17H2,1-2H3. The molecule has 0 saturated heterocycles. The van der Waals surface area contributed by atoms with Crippen LogP contribution in [-0.4, -0.2) is 20.9 Å². The molecule has 0 saturated carbocycles. The number of carbonyl (C=O) groups is 1. The van der Waals surface area contributed by atoms with E-state index in [1.807, 2.05) is 19.1 Å². The Morgan fingerprint density at radius 2 is 1.68 bits per heavy atom. The zero-order valence-electron chi connectivity index (χ0n) is 17.4. The van der Waals surface area contributed by atoms with Gasteiger partial charge in [-0.15, -0.1) is 0 Å². The number of hydrogen-bond donors (Lipinski definition) is 0. The number of sulfonamides is 1. The zero-order chi connectivity index (χ0) is 22.4. The Bertz CT molecular complexity index is 1150. The average molecular weight is 502 g/mol. The molecule has 0 atom stereocenters. The van der Waals surface area contributed by atoms with Gasteiger partial charge < -0.3 is 4.74 Å². The first-order valence-electron chi connectivity index (χ1n) is 9.94. The Hall–Kier alpha value is -2.64. The quantitative estimate of drug-likeness (QED) is 0.408. The Kier molecular flexibility index (Phi) is 7.51.